The molecule has 0 aromatic heterocycles. The molecule has 0 aliphatic rings. The topological polar surface area (TPSA) is 104 Å². The first kappa shape index (κ1) is 22.1. The van der Waals surface area contributed by atoms with Crippen LogP contribution in [0.2, 0.25) is 0 Å². The highest BCUT2D eigenvalue weighted by atomic mass is 14.6. The summed E-state index contributed by atoms with van der Waals surface area (Å²) >= 11 is 0. The molecule has 4 heteroatoms. The standard InChI is InChI=1S/C31H28N4/c32-27-12-6-4-10-23(27)25-18-21(14-16-29(25)34)31(20-8-2-1-3-9-20)22-15-17-30(35)26(19-22)24-11-5-7-13-28(24)33/h1-19,31H,32-35H2. The molecule has 5 rings (SSSR count). The van der Waals surface area contributed by atoms with Crippen molar-refractivity contribution in [3.63, 3.8) is 0 Å². The quantitative estimate of drug-likeness (QED) is 0.178. The van der Waals surface area contributed by atoms with Gasteiger partial charge in [-0.15, -0.1) is 0 Å². The SMILES string of the molecule is Nc1ccccc1-c1cc(C(c2ccccc2)c2ccc(N)c(-c3ccccc3N)c2)ccc1N. The predicted octanol–water partition coefficient (Wildman–Crippen LogP) is 6.53. The van der Waals surface area contributed by atoms with E-state index in [1.54, 1.807) is 0 Å². The average molecular weight is 457 g/mol. The zero-order valence-corrected chi connectivity index (χ0v) is 19.4. The number of hydrogen-bond donors (Lipinski definition) is 4. The number of hydrogen-bond acceptors (Lipinski definition) is 4. The number of benzene rings is 5. The van der Waals surface area contributed by atoms with Crippen LogP contribution in [0, 0.1) is 0 Å². The molecule has 0 saturated carbocycles. The van der Waals surface area contributed by atoms with Gasteiger partial charge in [-0.05, 0) is 53.1 Å². The molecule has 0 fully saturated rings. The molecule has 0 heterocycles. The summed E-state index contributed by atoms with van der Waals surface area (Å²) in [6.45, 7) is 0. The summed E-state index contributed by atoms with van der Waals surface area (Å²) in [5.74, 6) is -0.0372. The van der Waals surface area contributed by atoms with Crippen LogP contribution < -0.4 is 22.9 Å². The van der Waals surface area contributed by atoms with Crippen molar-refractivity contribution in [1.82, 2.24) is 0 Å². The van der Waals surface area contributed by atoms with Crippen LogP contribution in [-0.4, -0.2) is 0 Å². The lowest BCUT2D eigenvalue weighted by atomic mass is 9.82. The zero-order chi connectivity index (χ0) is 24.4. The Morgan fingerprint density at radius 1 is 0.343 bits per heavy atom. The van der Waals surface area contributed by atoms with Gasteiger partial charge in [-0.2, -0.15) is 0 Å². The van der Waals surface area contributed by atoms with E-state index >= 15 is 0 Å². The summed E-state index contributed by atoms with van der Waals surface area (Å²) in [4.78, 5) is 0. The molecule has 0 saturated heterocycles. The summed E-state index contributed by atoms with van der Waals surface area (Å²) in [5.41, 5.74) is 35.3. The Bertz CT molecular complexity index is 1400. The van der Waals surface area contributed by atoms with E-state index in [0.29, 0.717) is 22.7 Å². The fourth-order valence-electron chi connectivity index (χ4n) is 4.68. The van der Waals surface area contributed by atoms with Gasteiger partial charge in [-0.25, -0.2) is 0 Å². The van der Waals surface area contributed by atoms with Gasteiger partial charge in [0.1, 0.15) is 0 Å². The van der Waals surface area contributed by atoms with Crippen LogP contribution in [0.1, 0.15) is 22.6 Å². The van der Waals surface area contributed by atoms with E-state index in [1.165, 1.54) is 5.56 Å². The second-order valence-electron chi connectivity index (χ2n) is 8.71. The maximum atomic E-state index is 6.42. The van der Waals surface area contributed by atoms with Crippen LogP contribution in [0.4, 0.5) is 22.7 Å². The second-order valence-corrected chi connectivity index (χ2v) is 8.71. The van der Waals surface area contributed by atoms with Crippen molar-refractivity contribution in [2.24, 2.45) is 0 Å². The maximum Gasteiger partial charge on any atom is 0.0394 e. The third-order valence-corrected chi connectivity index (χ3v) is 6.46. The molecule has 0 unspecified atom stereocenters. The van der Waals surface area contributed by atoms with Crippen LogP contribution in [0.15, 0.2) is 115 Å². The molecular weight excluding hydrogens is 428 g/mol. The van der Waals surface area contributed by atoms with Gasteiger partial charge in [0, 0.05) is 50.9 Å². The number of rotatable bonds is 5. The van der Waals surface area contributed by atoms with E-state index in [9.17, 15) is 0 Å². The van der Waals surface area contributed by atoms with Gasteiger partial charge in [0.25, 0.3) is 0 Å². The molecule has 0 amide bonds. The highest BCUT2D eigenvalue weighted by molar-refractivity contribution is 5.86. The van der Waals surface area contributed by atoms with Gasteiger partial charge < -0.3 is 22.9 Å². The predicted molar refractivity (Wildman–Crippen MR) is 149 cm³/mol. The Labute approximate surface area is 205 Å². The molecule has 0 aliphatic heterocycles. The van der Waals surface area contributed by atoms with Crippen molar-refractivity contribution in [3.05, 3.63) is 132 Å². The Hall–Kier alpha value is -4.70. The van der Waals surface area contributed by atoms with Crippen molar-refractivity contribution < 1.29 is 0 Å². The van der Waals surface area contributed by atoms with Crippen molar-refractivity contribution in [2.75, 3.05) is 22.9 Å². The average Bonchev–Trinajstić information content (AvgIpc) is 2.88. The van der Waals surface area contributed by atoms with Crippen molar-refractivity contribution in [3.8, 4) is 22.3 Å². The van der Waals surface area contributed by atoms with Crippen molar-refractivity contribution >= 4 is 22.7 Å². The number of nitrogen functional groups attached to an aromatic ring is 4. The highest BCUT2D eigenvalue weighted by Crippen LogP contribution is 2.40. The minimum absolute atomic E-state index is 0.0372. The van der Waals surface area contributed by atoms with Crippen LogP contribution in [0.3, 0.4) is 0 Å². The lowest BCUT2D eigenvalue weighted by molar-refractivity contribution is 0.979. The first-order chi connectivity index (χ1) is 17.0. The van der Waals surface area contributed by atoms with E-state index in [0.717, 1.165) is 33.4 Å². The summed E-state index contributed by atoms with van der Waals surface area (Å²) in [5, 5.41) is 0. The second kappa shape index (κ2) is 9.27. The summed E-state index contributed by atoms with van der Waals surface area (Å²) in [7, 11) is 0. The van der Waals surface area contributed by atoms with E-state index in [-0.39, 0.29) is 5.92 Å². The van der Waals surface area contributed by atoms with E-state index in [4.69, 9.17) is 22.9 Å². The molecule has 35 heavy (non-hydrogen) atoms. The monoisotopic (exact) mass is 456 g/mol. The van der Waals surface area contributed by atoms with Crippen LogP contribution >= 0.6 is 0 Å². The molecule has 0 spiro atoms. The highest BCUT2D eigenvalue weighted by Gasteiger charge is 2.20. The van der Waals surface area contributed by atoms with Crippen LogP contribution in [0.25, 0.3) is 22.3 Å². The minimum Gasteiger partial charge on any atom is -0.398 e. The molecule has 0 atom stereocenters. The molecule has 0 radical (unpaired) electrons. The number of para-hydroxylation sites is 2. The molecule has 5 aromatic rings. The fourth-order valence-corrected chi connectivity index (χ4v) is 4.68. The van der Waals surface area contributed by atoms with Crippen LogP contribution in [0.5, 0.6) is 0 Å². The Balaban J connectivity index is 1.71. The van der Waals surface area contributed by atoms with Gasteiger partial charge in [0.15, 0.2) is 0 Å². The fraction of sp³-hybridized carbons (Fsp3) is 0.0323. The third kappa shape index (κ3) is 4.30. The van der Waals surface area contributed by atoms with E-state index < -0.39 is 0 Å². The Morgan fingerprint density at radius 3 is 1.20 bits per heavy atom. The number of nitrogens with two attached hydrogens (primary N) is 4. The van der Waals surface area contributed by atoms with Crippen LogP contribution in [-0.2, 0) is 0 Å². The van der Waals surface area contributed by atoms with Gasteiger partial charge in [-0.1, -0.05) is 78.9 Å². The normalized spacial score (nSPS) is 11.0. The lowest BCUT2D eigenvalue weighted by Gasteiger charge is -2.22. The number of anilines is 4. The van der Waals surface area contributed by atoms with Gasteiger partial charge in [-0.3, -0.25) is 0 Å². The molecule has 8 N–H and O–H groups in total. The lowest BCUT2D eigenvalue weighted by Crippen LogP contribution is -2.06. The molecular formula is C31H28N4. The third-order valence-electron chi connectivity index (χ3n) is 6.46. The van der Waals surface area contributed by atoms with Crippen molar-refractivity contribution in [1.29, 1.82) is 0 Å². The maximum absolute atomic E-state index is 6.42. The molecule has 0 aliphatic carbocycles. The van der Waals surface area contributed by atoms with E-state index in [1.807, 2.05) is 66.7 Å². The Morgan fingerprint density at radius 2 is 0.743 bits per heavy atom. The molecule has 0 bridgehead atoms. The zero-order valence-electron chi connectivity index (χ0n) is 19.4. The summed E-state index contributed by atoms with van der Waals surface area (Å²) in [6.07, 6.45) is 0. The van der Waals surface area contributed by atoms with E-state index in [2.05, 4.69) is 48.5 Å². The van der Waals surface area contributed by atoms with Crippen molar-refractivity contribution in [2.45, 2.75) is 5.92 Å². The van der Waals surface area contributed by atoms with Gasteiger partial charge in [0.2, 0.25) is 0 Å². The van der Waals surface area contributed by atoms with Gasteiger partial charge >= 0.3 is 0 Å². The summed E-state index contributed by atoms with van der Waals surface area (Å²) in [6, 6.07) is 38.4. The first-order valence-electron chi connectivity index (χ1n) is 11.6. The molecule has 172 valence electrons. The first-order valence-corrected chi connectivity index (χ1v) is 11.6. The smallest absolute Gasteiger partial charge is 0.0394 e. The van der Waals surface area contributed by atoms with Gasteiger partial charge in [0.05, 0.1) is 0 Å². The molecule has 5 aromatic carbocycles. The summed E-state index contributed by atoms with van der Waals surface area (Å²) < 4.78 is 0. The largest absolute Gasteiger partial charge is 0.398 e. The molecule has 4 nitrogen and oxygen atoms in total. The Kier molecular flexibility index (Phi) is 5.86. The minimum atomic E-state index is -0.0372.